The van der Waals surface area contributed by atoms with Crippen molar-refractivity contribution in [3.05, 3.63) is 59.7 Å². The predicted molar refractivity (Wildman–Crippen MR) is 112 cm³/mol. The summed E-state index contributed by atoms with van der Waals surface area (Å²) in [5.74, 6) is -0.995. The second-order valence-corrected chi connectivity index (χ2v) is 7.96. The molecule has 0 bridgehead atoms. The maximum atomic E-state index is 12.8. The predicted octanol–water partition coefficient (Wildman–Crippen LogP) is 2.64. The maximum absolute atomic E-state index is 12.8. The van der Waals surface area contributed by atoms with Crippen molar-refractivity contribution in [2.24, 2.45) is 0 Å². The fraction of sp³-hybridized carbons (Fsp3) is 0.238. The van der Waals surface area contributed by atoms with Crippen LogP contribution in [0.1, 0.15) is 22.8 Å². The minimum Gasteiger partial charge on any atom is -0.468 e. The molecule has 9 heteroatoms. The number of amides is 4. The van der Waals surface area contributed by atoms with E-state index in [-0.39, 0.29) is 30.9 Å². The topological polar surface area (TPSA) is 105 Å². The van der Waals surface area contributed by atoms with Crippen molar-refractivity contribution < 1.29 is 23.9 Å². The molecule has 1 heterocycles. The van der Waals surface area contributed by atoms with Crippen LogP contribution in [0.3, 0.4) is 0 Å². The standard InChI is InChI=1S/C21H21N3O5S/c1-13(20(27)29-2)30-17-9-4-3-8-16(17)19(26)23-15-7-5-6-14(10-15)12-24-18(25)11-22-21(24)28/h3-10,13H,11-12H2,1-2H3,(H,22,28)(H,23,26). The third-order valence-corrected chi connectivity index (χ3v) is 5.59. The van der Waals surface area contributed by atoms with Gasteiger partial charge in [-0.1, -0.05) is 24.3 Å². The van der Waals surface area contributed by atoms with Crippen LogP contribution >= 0.6 is 11.8 Å². The summed E-state index contributed by atoms with van der Waals surface area (Å²) in [7, 11) is 1.32. The highest BCUT2D eigenvalue weighted by molar-refractivity contribution is 8.00. The number of esters is 1. The first kappa shape index (κ1) is 21.4. The Morgan fingerprint density at radius 1 is 1.20 bits per heavy atom. The number of benzene rings is 2. The number of ether oxygens (including phenoxy) is 1. The molecule has 1 unspecified atom stereocenters. The van der Waals surface area contributed by atoms with Gasteiger partial charge in [0.15, 0.2) is 0 Å². The van der Waals surface area contributed by atoms with E-state index in [1.807, 2.05) is 0 Å². The zero-order chi connectivity index (χ0) is 21.7. The largest absolute Gasteiger partial charge is 0.468 e. The summed E-state index contributed by atoms with van der Waals surface area (Å²) < 4.78 is 4.75. The Bertz CT molecular complexity index is 978. The van der Waals surface area contributed by atoms with Gasteiger partial charge in [0, 0.05) is 10.6 Å². The molecule has 8 nitrogen and oxygen atoms in total. The number of anilines is 1. The lowest BCUT2D eigenvalue weighted by atomic mass is 10.1. The van der Waals surface area contributed by atoms with Gasteiger partial charge >= 0.3 is 12.0 Å². The summed E-state index contributed by atoms with van der Waals surface area (Å²) in [6.07, 6.45) is 0. The summed E-state index contributed by atoms with van der Waals surface area (Å²) in [5.41, 5.74) is 1.67. The van der Waals surface area contributed by atoms with Gasteiger partial charge in [-0.05, 0) is 36.8 Å². The summed E-state index contributed by atoms with van der Waals surface area (Å²) in [6, 6.07) is 13.5. The number of nitrogens with one attached hydrogen (secondary N) is 2. The van der Waals surface area contributed by atoms with Crippen molar-refractivity contribution >= 4 is 41.3 Å². The molecule has 0 radical (unpaired) electrons. The molecule has 1 aliphatic heterocycles. The highest BCUT2D eigenvalue weighted by atomic mass is 32.2. The van der Waals surface area contributed by atoms with Crippen LogP contribution in [-0.2, 0) is 20.9 Å². The molecule has 30 heavy (non-hydrogen) atoms. The fourth-order valence-corrected chi connectivity index (χ4v) is 3.92. The molecule has 1 aliphatic rings. The van der Waals surface area contributed by atoms with Gasteiger partial charge in [-0.25, -0.2) is 4.79 Å². The molecule has 0 aromatic heterocycles. The Kier molecular flexibility index (Phi) is 6.73. The molecule has 2 aromatic carbocycles. The molecular weight excluding hydrogens is 406 g/mol. The van der Waals surface area contributed by atoms with Crippen LogP contribution in [0.15, 0.2) is 53.4 Å². The van der Waals surface area contributed by atoms with Crippen molar-refractivity contribution in [1.82, 2.24) is 10.2 Å². The summed E-state index contributed by atoms with van der Waals surface area (Å²) in [4.78, 5) is 49.8. The van der Waals surface area contributed by atoms with E-state index in [1.165, 1.54) is 18.9 Å². The van der Waals surface area contributed by atoms with Gasteiger partial charge in [0.25, 0.3) is 5.91 Å². The minimum atomic E-state index is -0.462. The fourth-order valence-electron chi connectivity index (χ4n) is 2.91. The van der Waals surface area contributed by atoms with Gasteiger partial charge in [0.1, 0.15) is 5.25 Å². The normalized spacial score (nSPS) is 14.3. The van der Waals surface area contributed by atoms with E-state index in [0.29, 0.717) is 21.7 Å². The van der Waals surface area contributed by atoms with Gasteiger partial charge in [-0.3, -0.25) is 19.3 Å². The first-order valence-electron chi connectivity index (χ1n) is 9.21. The average molecular weight is 427 g/mol. The third-order valence-electron chi connectivity index (χ3n) is 4.43. The van der Waals surface area contributed by atoms with E-state index in [9.17, 15) is 19.2 Å². The molecule has 1 fully saturated rings. The lowest BCUT2D eigenvalue weighted by Gasteiger charge is -2.15. The SMILES string of the molecule is COC(=O)C(C)Sc1ccccc1C(=O)Nc1cccc(CN2C(=O)CNC2=O)c1. The molecule has 3 rings (SSSR count). The van der Waals surface area contributed by atoms with Crippen LogP contribution in [0.2, 0.25) is 0 Å². The molecule has 156 valence electrons. The van der Waals surface area contributed by atoms with Crippen LogP contribution in [0.5, 0.6) is 0 Å². The molecule has 0 spiro atoms. The summed E-state index contributed by atoms with van der Waals surface area (Å²) in [6.45, 7) is 1.83. The number of hydrogen-bond donors (Lipinski definition) is 2. The Labute approximate surface area is 178 Å². The first-order chi connectivity index (χ1) is 14.4. The number of carbonyl (C=O) groups excluding carboxylic acids is 4. The van der Waals surface area contributed by atoms with E-state index in [2.05, 4.69) is 10.6 Å². The molecule has 2 aromatic rings. The Morgan fingerprint density at radius 2 is 1.97 bits per heavy atom. The first-order valence-corrected chi connectivity index (χ1v) is 10.1. The number of carbonyl (C=O) groups is 4. The molecular formula is C21H21N3O5S. The van der Waals surface area contributed by atoms with Crippen molar-refractivity contribution in [1.29, 1.82) is 0 Å². The van der Waals surface area contributed by atoms with E-state index >= 15 is 0 Å². The second-order valence-electron chi connectivity index (χ2n) is 6.57. The minimum absolute atomic E-state index is 0.00624. The number of thioether (sulfide) groups is 1. The second kappa shape index (κ2) is 9.45. The molecule has 1 atom stereocenters. The van der Waals surface area contributed by atoms with Crippen LogP contribution in [-0.4, -0.2) is 47.6 Å². The van der Waals surface area contributed by atoms with E-state index in [4.69, 9.17) is 4.74 Å². The number of urea groups is 1. The highest BCUT2D eigenvalue weighted by Gasteiger charge is 2.28. The van der Waals surface area contributed by atoms with Gasteiger partial charge in [-0.2, -0.15) is 0 Å². The third kappa shape index (κ3) is 4.98. The lowest BCUT2D eigenvalue weighted by Crippen LogP contribution is -2.30. The molecule has 2 N–H and O–H groups in total. The maximum Gasteiger partial charge on any atom is 0.324 e. The number of imide groups is 1. The van der Waals surface area contributed by atoms with Crippen molar-refractivity contribution in [2.75, 3.05) is 19.0 Å². The zero-order valence-electron chi connectivity index (χ0n) is 16.5. The van der Waals surface area contributed by atoms with Crippen molar-refractivity contribution in [3.63, 3.8) is 0 Å². The van der Waals surface area contributed by atoms with Crippen molar-refractivity contribution in [2.45, 2.75) is 23.6 Å². The van der Waals surface area contributed by atoms with Gasteiger partial charge in [0.05, 0.1) is 25.8 Å². The van der Waals surface area contributed by atoms with E-state index < -0.39 is 11.3 Å². The number of nitrogens with zero attached hydrogens (tertiary/aromatic N) is 1. The van der Waals surface area contributed by atoms with Crippen LogP contribution in [0, 0.1) is 0 Å². The molecule has 0 aliphatic carbocycles. The van der Waals surface area contributed by atoms with Crippen LogP contribution in [0.25, 0.3) is 0 Å². The van der Waals surface area contributed by atoms with Gasteiger partial charge in [0.2, 0.25) is 5.91 Å². The smallest absolute Gasteiger partial charge is 0.324 e. The average Bonchev–Trinajstić information content (AvgIpc) is 3.05. The van der Waals surface area contributed by atoms with Gasteiger partial charge in [-0.15, -0.1) is 11.8 Å². The van der Waals surface area contributed by atoms with E-state index in [0.717, 1.165) is 4.90 Å². The zero-order valence-corrected chi connectivity index (χ0v) is 17.3. The van der Waals surface area contributed by atoms with Crippen molar-refractivity contribution in [3.8, 4) is 0 Å². The molecule has 1 saturated heterocycles. The van der Waals surface area contributed by atoms with E-state index in [1.54, 1.807) is 55.5 Å². The summed E-state index contributed by atoms with van der Waals surface area (Å²) >= 11 is 1.24. The number of methoxy groups -OCH3 is 1. The lowest BCUT2D eigenvalue weighted by molar-refractivity contribution is -0.139. The molecule has 0 saturated carbocycles. The Morgan fingerprint density at radius 3 is 2.67 bits per heavy atom. The van der Waals surface area contributed by atoms with Crippen LogP contribution < -0.4 is 10.6 Å². The molecule has 4 amide bonds. The summed E-state index contributed by atoms with van der Waals surface area (Å²) in [5, 5.41) is 4.84. The number of hydrogen-bond acceptors (Lipinski definition) is 6. The Balaban J connectivity index is 1.73. The highest BCUT2D eigenvalue weighted by Crippen LogP contribution is 2.28. The van der Waals surface area contributed by atoms with Crippen LogP contribution in [0.4, 0.5) is 10.5 Å². The quantitative estimate of drug-likeness (QED) is 0.400. The Hall–Kier alpha value is -3.33. The van der Waals surface area contributed by atoms with Gasteiger partial charge < -0.3 is 15.4 Å². The number of rotatable bonds is 7. The monoisotopic (exact) mass is 427 g/mol.